The second-order valence-corrected chi connectivity index (χ2v) is 4.83. The molecule has 3 nitrogen and oxygen atoms in total. The van der Waals surface area contributed by atoms with Crippen LogP contribution in [0.4, 0.5) is 0 Å². The Morgan fingerprint density at radius 1 is 1.56 bits per heavy atom. The Morgan fingerprint density at radius 3 is 2.94 bits per heavy atom. The van der Waals surface area contributed by atoms with Crippen molar-refractivity contribution in [2.75, 3.05) is 0 Å². The minimum absolute atomic E-state index is 0.0376. The number of nitrogens with two attached hydrogens (primary N) is 1. The fourth-order valence-corrected chi connectivity index (χ4v) is 2.61. The predicted molar refractivity (Wildman–Crippen MR) is 66.3 cm³/mol. The number of aromatic nitrogens is 2. The summed E-state index contributed by atoms with van der Waals surface area (Å²) in [6, 6.07) is -0.0376. The van der Waals surface area contributed by atoms with Crippen molar-refractivity contribution in [2.45, 2.75) is 38.1 Å². The van der Waals surface area contributed by atoms with Gasteiger partial charge in [0.15, 0.2) is 0 Å². The van der Waals surface area contributed by atoms with E-state index in [-0.39, 0.29) is 6.04 Å². The van der Waals surface area contributed by atoms with Gasteiger partial charge in [0.2, 0.25) is 0 Å². The second-order valence-electron chi connectivity index (χ2n) is 4.42. The van der Waals surface area contributed by atoms with Crippen LogP contribution in [-0.4, -0.2) is 9.78 Å². The monoisotopic (exact) mass is 239 g/mol. The highest BCUT2D eigenvalue weighted by Gasteiger charge is 2.17. The van der Waals surface area contributed by atoms with Gasteiger partial charge in [-0.25, -0.2) is 0 Å². The Hall–Kier alpha value is -0.800. The molecule has 0 radical (unpaired) electrons. The van der Waals surface area contributed by atoms with Gasteiger partial charge in [0.1, 0.15) is 0 Å². The van der Waals surface area contributed by atoms with Crippen LogP contribution in [0.25, 0.3) is 0 Å². The summed E-state index contributed by atoms with van der Waals surface area (Å²) in [4.78, 5) is 0. The predicted octanol–water partition coefficient (Wildman–Crippen LogP) is 2.96. The van der Waals surface area contributed by atoms with Crippen LogP contribution < -0.4 is 5.73 Å². The molecule has 2 rings (SSSR count). The van der Waals surface area contributed by atoms with Crippen LogP contribution in [0, 0.1) is 0 Å². The van der Waals surface area contributed by atoms with Crippen molar-refractivity contribution in [1.82, 2.24) is 9.78 Å². The van der Waals surface area contributed by atoms with Crippen LogP contribution in [0.2, 0.25) is 5.02 Å². The minimum Gasteiger partial charge on any atom is -0.322 e. The molecule has 1 unspecified atom stereocenters. The van der Waals surface area contributed by atoms with Crippen molar-refractivity contribution in [2.24, 2.45) is 12.8 Å². The number of allylic oxidation sites excluding steroid dienone is 1. The normalized spacial score (nSPS) is 18.3. The van der Waals surface area contributed by atoms with Crippen molar-refractivity contribution in [3.63, 3.8) is 0 Å². The van der Waals surface area contributed by atoms with Crippen molar-refractivity contribution in [3.05, 3.63) is 28.6 Å². The molecular formula is C12H18ClN3. The second kappa shape index (κ2) is 5.02. The number of aryl methyl sites for hydroxylation is 1. The molecule has 0 bridgehead atoms. The summed E-state index contributed by atoms with van der Waals surface area (Å²) in [5, 5.41) is 4.79. The SMILES string of the molecule is Cn1ncc(Cl)c1C(N)CC1=CCCCC1. The summed E-state index contributed by atoms with van der Waals surface area (Å²) in [5.41, 5.74) is 8.59. The molecule has 1 aromatic rings. The molecule has 4 heteroatoms. The highest BCUT2D eigenvalue weighted by molar-refractivity contribution is 6.31. The Balaban J connectivity index is 2.08. The molecule has 1 atom stereocenters. The Labute approximate surface area is 101 Å². The van der Waals surface area contributed by atoms with Gasteiger partial charge in [-0.2, -0.15) is 5.10 Å². The quantitative estimate of drug-likeness (QED) is 0.825. The molecule has 1 aromatic heterocycles. The average molecular weight is 240 g/mol. The van der Waals surface area contributed by atoms with Crippen LogP contribution in [-0.2, 0) is 7.05 Å². The summed E-state index contributed by atoms with van der Waals surface area (Å²) in [7, 11) is 1.89. The highest BCUT2D eigenvalue weighted by Crippen LogP contribution is 2.29. The third kappa shape index (κ3) is 2.47. The van der Waals surface area contributed by atoms with Gasteiger partial charge in [-0.05, 0) is 32.1 Å². The summed E-state index contributed by atoms with van der Waals surface area (Å²) in [5.74, 6) is 0. The maximum atomic E-state index is 6.19. The van der Waals surface area contributed by atoms with Crippen molar-refractivity contribution >= 4 is 11.6 Å². The number of hydrogen-bond acceptors (Lipinski definition) is 2. The number of rotatable bonds is 3. The van der Waals surface area contributed by atoms with Crippen LogP contribution in [0.15, 0.2) is 17.8 Å². The lowest BCUT2D eigenvalue weighted by atomic mass is 9.93. The maximum absolute atomic E-state index is 6.19. The molecule has 88 valence electrons. The summed E-state index contributed by atoms with van der Waals surface area (Å²) in [6.07, 6.45) is 9.87. The largest absolute Gasteiger partial charge is 0.322 e. The lowest BCUT2D eigenvalue weighted by Crippen LogP contribution is -2.16. The third-order valence-electron chi connectivity index (χ3n) is 3.16. The zero-order valence-electron chi connectivity index (χ0n) is 9.62. The van der Waals surface area contributed by atoms with E-state index in [9.17, 15) is 0 Å². The third-order valence-corrected chi connectivity index (χ3v) is 3.45. The minimum atomic E-state index is -0.0376. The van der Waals surface area contributed by atoms with Gasteiger partial charge in [-0.1, -0.05) is 23.3 Å². The van der Waals surface area contributed by atoms with Gasteiger partial charge in [0.25, 0.3) is 0 Å². The van der Waals surface area contributed by atoms with E-state index in [1.54, 1.807) is 10.9 Å². The first-order chi connectivity index (χ1) is 7.68. The van der Waals surface area contributed by atoms with E-state index in [1.165, 1.54) is 31.3 Å². The average Bonchev–Trinajstić information content (AvgIpc) is 2.60. The highest BCUT2D eigenvalue weighted by atomic mass is 35.5. The van der Waals surface area contributed by atoms with E-state index in [0.29, 0.717) is 5.02 Å². The van der Waals surface area contributed by atoms with Gasteiger partial charge in [-0.15, -0.1) is 0 Å². The molecule has 0 aromatic carbocycles. The molecule has 0 aliphatic heterocycles. The standard InChI is InChI=1S/C12H18ClN3/c1-16-12(10(13)8-15-16)11(14)7-9-5-3-2-4-6-9/h5,8,11H,2-4,6-7,14H2,1H3. The van der Waals surface area contributed by atoms with Crippen molar-refractivity contribution in [1.29, 1.82) is 0 Å². The summed E-state index contributed by atoms with van der Waals surface area (Å²) >= 11 is 6.07. The Morgan fingerprint density at radius 2 is 2.38 bits per heavy atom. The van der Waals surface area contributed by atoms with E-state index in [0.717, 1.165) is 12.1 Å². The zero-order chi connectivity index (χ0) is 11.5. The maximum Gasteiger partial charge on any atom is 0.0834 e. The van der Waals surface area contributed by atoms with Gasteiger partial charge in [0, 0.05) is 7.05 Å². The van der Waals surface area contributed by atoms with E-state index in [4.69, 9.17) is 17.3 Å². The van der Waals surface area contributed by atoms with Gasteiger partial charge in [-0.3, -0.25) is 4.68 Å². The van der Waals surface area contributed by atoms with Crippen LogP contribution in [0.3, 0.4) is 0 Å². The summed E-state index contributed by atoms with van der Waals surface area (Å²) in [6.45, 7) is 0. The van der Waals surface area contributed by atoms with E-state index < -0.39 is 0 Å². The molecule has 1 heterocycles. The molecule has 0 saturated carbocycles. The Bertz CT molecular complexity index is 375. The van der Waals surface area contributed by atoms with Gasteiger partial charge < -0.3 is 5.73 Å². The van der Waals surface area contributed by atoms with Crippen LogP contribution in [0.1, 0.15) is 43.8 Å². The van der Waals surface area contributed by atoms with Crippen molar-refractivity contribution < 1.29 is 0 Å². The first-order valence-electron chi connectivity index (χ1n) is 5.79. The lowest BCUT2D eigenvalue weighted by Gasteiger charge is -2.18. The molecule has 0 fully saturated rings. The van der Waals surface area contributed by atoms with E-state index in [1.807, 2.05) is 7.05 Å². The lowest BCUT2D eigenvalue weighted by molar-refractivity contribution is 0.585. The fourth-order valence-electron chi connectivity index (χ4n) is 2.31. The number of hydrogen-bond donors (Lipinski definition) is 1. The smallest absolute Gasteiger partial charge is 0.0834 e. The molecule has 2 N–H and O–H groups in total. The molecule has 0 spiro atoms. The summed E-state index contributed by atoms with van der Waals surface area (Å²) < 4.78 is 1.77. The van der Waals surface area contributed by atoms with Gasteiger partial charge >= 0.3 is 0 Å². The van der Waals surface area contributed by atoms with E-state index in [2.05, 4.69) is 11.2 Å². The topological polar surface area (TPSA) is 43.8 Å². The zero-order valence-corrected chi connectivity index (χ0v) is 10.4. The van der Waals surface area contributed by atoms with Gasteiger partial charge in [0.05, 0.1) is 23.0 Å². The molecule has 1 aliphatic carbocycles. The van der Waals surface area contributed by atoms with E-state index >= 15 is 0 Å². The molecule has 0 amide bonds. The fraction of sp³-hybridized carbons (Fsp3) is 0.583. The van der Waals surface area contributed by atoms with Crippen LogP contribution >= 0.6 is 11.6 Å². The first-order valence-corrected chi connectivity index (χ1v) is 6.17. The molecule has 0 saturated heterocycles. The first kappa shape index (κ1) is 11.7. The molecule has 16 heavy (non-hydrogen) atoms. The number of halogens is 1. The molecule has 1 aliphatic rings. The number of nitrogens with zero attached hydrogens (tertiary/aromatic N) is 2. The Kier molecular flexibility index (Phi) is 3.66. The van der Waals surface area contributed by atoms with Crippen molar-refractivity contribution in [3.8, 4) is 0 Å². The van der Waals surface area contributed by atoms with Crippen LogP contribution in [0.5, 0.6) is 0 Å². The molecular weight excluding hydrogens is 222 g/mol.